The third-order valence-electron chi connectivity index (χ3n) is 6.56. The van der Waals surface area contributed by atoms with Gasteiger partial charge < -0.3 is 16.2 Å². The van der Waals surface area contributed by atoms with Crippen molar-refractivity contribution < 1.29 is 9.90 Å². The van der Waals surface area contributed by atoms with E-state index in [0.717, 1.165) is 43.4 Å². The Morgan fingerprint density at radius 3 is 2.57 bits per heavy atom. The van der Waals surface area contributed by atoms with Gasteiger partial charge in [0.2, 0.25) is 0 Å². The van der Waals surface area contributed by atoms with Crippen molar-refractivity contribution in [3.8, 4) is 11.1 Å². The average molecular weight is 409 g/mol. The number of hydrogen-bond donors (Lipinski definition) is 3. The molecule has 1 aromatic heterocycles. The number of nitrogen functional groups attached to an aromatic ring is 1. The van der Waals surface area contributed by atoms with E-state index in [4.69, 9.17) is 5.73 Å². The van der Waals surface area contributed by atoms with Crippen molar-refractivity contribution in [1.29, 1.82) is 0 Å². The molecule has 0 spiro atoms. The smallest absolute Gasteiger partial charge is 0.255 e. The van der Waals surface area contributed by atoms with E-state index in [-0.39, 0.29) is 23.9 Å². The van der Waals surface area contributed by atoms with Gasteiger partial charge in [-0.05, 0) is 69.2 Å². The minimum atomic E-state index is -0.245. The fourth-order valence-electron chi connectivity index (χ4n) is 4.56. The number of rotatable bonds is 5. The van der Waals surface area contributed by atoms with Crippen LogP contribution in [0.4, 0.5) is 5.82 Å². The maximum Gasteiger partial charge on any atom is 0.255 e. The van der Waals surface area contributed by atoms with E-state index >= 15 is 0 Å². The zero-order chi connectivity index (χ0) is 21.1. The Hall–Kier alpha value is -2.44. The lowest BCUT2D eigenvalue weighted by molar-refractivity contribution is 0.0868. The van der Waals surface area contributed by atoms with Crippen molar-refractivity contribution in [2.75, 3.05) is 12.3 Å². The molecule has 0 radical (unpaired) electrons. The summed E-state index contributed by atoms with van der Waals surface area (Å²) in [5.41, 5.74) is 9.62. The van der Waals surface area contributed by atoms with Gasteiger partial charge in [-0.15, -0.1) is 0 Å². The largest absolute Gasteiger partial charge is 0.393 e. The Morgan fingerprint density at radius 1 is 1.17 bits per heavy atom. The van der Waals surface area contributed by atoms with Gasteiger partial charge in [0.1, 0.15) is 5.82 Å². The molecule has 1 atom stereocenters. The number of likely N-dealkylation sites (tertiary alicyclic amines) is 1. The van der Waals surface area contributed by atoms with E-state index in [9.17, 15) is 9.90 Å². The van der Waals surface area contributed by atoms with Crippen molar-refractivity contribution in [3.63, 3.8) is 0 Å². The highest BCUT2D eigenvalue weighted by Gasteiger charge is 2.23. The summed E-state index contributed by atoms with van der Waals surface area (Å²) in [5.74, 6) is 0.0506. The van der Waals surface area contributed by atoms with Gasteiger partial charge in [0.25, 0.3) is 5.91 Å². The Balaban J connectivity index is 1.45. The van der Waals surface area contributed by atoms with Gasteiger partial charge in [0.05, 0.1) is 11.7 Å². The van der Waals surface area contributed by atoms with Crippen LogP contribution in [0.2, 0.25) is 0 Å². The molecule has 160 valence electrons. The SMILES string of the molecule is CC1CCCN1Cc1ccc(-c2cnc(N)c(C(=O)NC3CCC(O)CC3)c2)cc1. The standard InChI is InChI=1S/C24H32N4O2/c1-16-3-2-12-28(16)15-17-4-6-18(7-5-17)19-13-22(23(25)26-14-19)24(30)27-20-8-10-21(29)11-9-20/h4-7,13-14,16,20-21,29H,2-3,8-12,15H2,1H3,(H2,25,26)(H,27,30). The van der Waals surface area contributed by atoms with E-state index in [2.05, 4.69) is 46.4 Å². The molecular formula is C24H32N4O2. The molecule has 30 heavy (non-hydrogen) atoms. The van der Waals surface area contributed by atoms with Crippen LogP contribution in [-0.4, -0.2) is 45.6 Å². The van der Waals surface area contributed by atoms with Crippen LogP contribution in [0.15, 0.2) is 36.5 Å². The average Bonchev–Trinajstić information content (AvgIpc) is 3.15. The summed E-state index contributed by atoms with van der Waals surface area (Å²) in [4.78, 5) is 19.6. The third-order valence-corrected chi connectivity index (χ3v) is 6.56. The van der Waals surface area contributed by atoms with Gasteiger partial charge >= 0.3 is 0 Å². The summed E-state index contributed by atoms with van der Waals surface area (Å²) in [6.45, 7) is 4.44. The van der Waals surface area contributed by atoms with Gasteiger partial charge in [-0.3, -0.25) is 9.69 Å². The first-order valence-corrected chi connectivity index (χ1v) is 11.1. The summed E-state index contributed by atoms with van der Waals surface area (Å²) in [6.07, 6.45) is 7.06. The van der Waals surface area contributed by atoms with E-state index in [1.165, 1.54) is 24.9 Å². The molecule has 1 saturated heterocycles. The number of nitrogens with two attached hydrogens (primary N) is 1. The van der Waals surface area contributed by atoms with Crippen molar-refractivity contribution in [2.45, 2.75) is 70.2 Å². The highest BCUT2D eigenvalue weighted by atomic mass is 16.3. The first-order chi connectivity index (χ1) is 14.5. The second-order valence-electron chi connectivity index (χ2n) is 8.79. The Labute approximate surface area is 178 Å². The van der Waals surface area contributed by atoms with Gasteiger partial charge in [-0.1, -0.05) is 24.3 Å². The number of nitrogens with zero attached hydrogens (tertiary/aromatic N) is 2. The van der Waals surface area contributed by atoms with Crippen molar-refractivity contribution >= 4 is 11.7 Å². The number of aliphatic hydroxyl groups is 1. The van der Waals surface area contributed by atoms with Crippen LogP contribution in [-0.2, 0) is 6.54 Å². The molecular weight excluding hydrogens is 376 g/mol. The topological polar surface area (TPSA) is 91.5 Å². The second-order valence-corrected chi connectivity index (χ2v) is 8.79. The molecule has 4 rings (SSSR count). The minimum absolute atomic E-state index is 0.0798. The first kappa shape index (κ1) is 20.8. The molecule has 2 heterocycles. The zero-order valence-corrected chi connectivity index (χ0v) is 17.7. The van der Waals surface area contributed by atoms with Crippen LogP contribution >= 0.6 is 0 Å². The summed E-state index contributed by atoms with van der Waals surface area (Å²) in [7, 11) is 0. The highest BCUT2D eigenvalue weighted by Crippen LogP contribution is 2.25. The molecule has 2 aliphatic rings. The van der Waals surface area contributed by atoms with Crippen LogP contribution in [0.25, 0.3) is 11.1 Å². The van der Waals surface area contributed by atoms with Crippen molar-refractivity contribution in [2.24, 2.45) is 0 Å². The normalized spacial score (nSPS) is 24.7. The number of nitrogens with one attached hydrogen (secondary N) is 1. The van der Waals surface area contributed by atoms with E-state index in [1.807, 2.05) is 6.07 Å². The molecule has 1 aromatic carbocycles. The Bertz CT molecular complexity index is 875. The minimum Gasteiger partial charge on any atom is -0.393 e. The van der Waals surface area contributed by atoms with E-state index in [0.29, 0.717) is 11.6 Å². The molecule has 1 aliphatic heterocycles. The van der Waals surface area contributed by atoms with E-state index in [1.54, 1.807) is 6.20 Å². The van der Waals surface area contributed by atoms with E-state index < -0.39 is 0 Å². The Morgan fingerprint density at radius 2 is 1.90 bits per heavy atom. The predicted octanol–water partition coefficient (Wildman–Crippen LogP) is 3.35. The van der Waals surface area contributed by atoms with Gasteiger partial charge in [-0.25, -0.2) is 4.98 Å². The quantitative estimate of drug-likeness (QED) is 0.706. The zero-order valence-electron chi connectivity index (χ0n) is 17.7. The maximum atomic E-state index is 12.8. The number of aliphatic hydroxyl groups excluding tert-OH is 1. The summed E-state index contributed by atoms with van der Waals surface area (Å²) in [5, 5.41) is 12.7. The van der Waals surface area contributed by atoms with Crippen LogP contribution in [0.1, 0.15) is 61.4 Å². The molecule has 2 fully saturated rings. The second kappa shape index (κ2) is 9.14. The van der Waals surface area contributed by atoms with Gasteiger partial charge in [0.15, 0.2) is 0 Å². The number of carbonyl (C=O) groups excluding carboxylic acids is 1. The molecule has 2 aromatic rings. The number of amides is 1. The number of hydrogen-bond acceptors (Lipinski definition) is 5. The number of carbonyl (C=O) groups is 1. The lowest BCUT2D eigenvalue weighted by atomic mass is 9.93. The molecule has 6 nitrogen and oxygen atoms in total. The highest BCUT2D eigenvalue weighted by molar-refractivity contribution is 5.99. The van der Waals surface area contributed by atoms with Crippen LogP contribution < -0.4 is 11.1 Å². The third kappa shape index (κ3) is 4.82. The van der Waals surface area contributed by atoms with Gasteiger partial charge in [0, 0.05) is 30.4 Å². The van der Waals surface area contributed by atoms with Crippen LogP contribution in [0.5, 0.6) is 0 Å². The molecule has 0 bridgehead atoms. The summed E-state index contributed by atoms with van der Waals surface area (Å²) in [6, 6.07) is 11.1. The summed E-state index contributed by atoms with van der Waals surface area (Å²) >= 11 is 0. The van der Waals surface area contributed by atoms with Crippen molar-refractivity contribution in [3.05, 3.63) is 47.7 Å². The number of benzene rings is 1. The fourth-order valence-corrected chi connectivity index (χ4v) is 4.56. The van der Waals surface area contributed by atoms with Crippen LogP contribution in [0, 0.1) is 0 Å². The maximum absolute atomic E-state index is 12.8. The molecule has 6 heteroatoms. The predicted molar refractivity (Wildman–Crippen MR) is 119 cm³/mol. The number of anilines is 1. The molecule has 1 amide bonds. The number of pyridine rings is 1. The summed E-state index contributed by atoms with van der Waals surface area (Å²) < 4.78 is 0. The lowest BCUT2D eigenvalue weighted by Crippen LogP contribution is -2.38. The molecule has 4 N–H and O–H groups in total. The monoisotopic (exact) mass is 408 g/mol. The molecule has 1 aliphatic carbocycles. The van der Waals surface area contributed by atoms with Crippen molar-refractivity contribution in [1.82, 2.24) is 15.2 Å². The first-order valence-electron chi connectivity index (χ1n) is 11.1. The molecule has 1 unspecified atom stereocenters. The van der Waals surface area contributed by atoms with Crippen LogP contribution in [0.3, 0.4) is 0 Å². The Kier molecular flexibility index (Phi) is 6.35. The fraction of sp³-hybridized carbons (Fsp3) is 0.500. The number of aromatic nitrogens is 1. The van der Waals surface area contributed by atoms with Gasteiger partial charge in [-0.2, -0.15) is 0 Å². The molecule has 1 saturated carbocycles. The lowest BCUT2D eigenvalue weighted by Gasteiger charge is -2.26.